The fourth-order valence-electron chi connectivity index (χ4n) is 6.43. The second-order valence-electron chi connectivity index (χ2n) is 14.7. The van der Waals surface area contributed by atoms with E-state index >= 15 is 0 Å². The van der Waals surface area contributed by atoms with Crippen LogP contribution in [0, 0.1) is 45.2 Å². The summed E-state index contributed by atoms with van der Waals surface area (Å²) < 4.78 is 16.5. The van der Waals surface area contributed by atoms with Crippen molar-refractivity contribution < 1.29 is 0 Å². The van der Waals surface area contributed by atoms with Crippen LogP contribution in [-0.2, 0) is 35.2 Å². The SMILES string of the molecule is C=C(C)c1cc(-n2c(C)ccc2C)nn1C.C=C(C)c1cc(N)nn1C.Cc1ccc(C)n1-c1cc(I)n(C)n1.Cc1ccc(C)n1-c1ccn(C)n1.Cn1ccc(N)n1. The van der Waals surface area contributed by atoms with E-state index in [9.17, 15) is 0 Å². The highest BCUT2D eigenvalue weighted by atomic mass is 127. The topological polar surface area (TPSA) is 156 Å². The lowest BCUT2D eigenvalue weighted by Crippen LogP contribution is -2.01. The summed E-state index contributed by atoms with van der Waals surface area (Å²) in [5.74, 6) is 4.06. The molecular weight excluding hydrogens is 865 g/mol. The lowest BCUT2D eigenvalue weighted by molar-refractivity contribution is 0.729. The van der Waals surface area contributed by atoms with Crippen molar-refractivity contribution in [3.8, 4) is 17.5 Å². The van der Waals surface area contributed by atoms with Crippen LogP contribution in [0.4, 0.5) is 11.6 Å². The molecule has 8 rings (SSSR count). The van der Waals surface area contributed by atoms with Crippen molar-refractivity contribution in [2.45, 2.75) is 55.4 Å². The lowest BCUT2D eigenvalue weighted by Gasteiger charge is -2.03. The van der Waals surface area contributed by atoms with Crippen molar-refractivity contribution in [3.63, 3.8) is 0 Å². The van der Waals surface area contributed by atoms with Crippen LogP contribution in [0.5, 0.6) is 0 Å². The summed E-state index contributed by atoms with van der Waals surface area (Å²) in [4.78, 5) is 0. The highest BCUT2D eigenvalue weighted by Gasteiger charge is 2.11. The summed E-state index contributed by atoms with van der Waals surface area (Å²) in [5.41, 5.74) is 22.0. The molecule has 0 aliphatic heterocycles. The van der Waals surface area contributed by atoms with Gasteiger partial charge in [-0.1, -0.05) is 13.2 Å². The number of rotatable bonds is 5. The van der Waals surface area contributed by atoms with Crippen molar-refractivity contribution in [1.82, 2.24) is 62.6 Å². The number of nitrogen functional groups attached to an aromatic ring is 2. The smallest absolute Gasteiger partial charge is 0.160 e. The molecule has 0 spiro atoms. The Bertz CT molecular complexity index is 2580. The molecule has 0 radical (unpaired) electrons. The molecule has 0 aromatic carbocycles. The van der Waals surface area contributed by atoms with Crippen LogP contribution in [0.2, 0.25) is 0 Å². The minimum atomic E-state index is 0.542. The Balaban J connectivity index is 0.000000169. The Morgan fingerprint density at radius 1 is 0.467 bits per heavy atom. The molecule has 0 aliphatic rings. The first-order chi connectivity index (χ1) is 28.2. The molecule has 0 amide bonds. The molecule has 60 heavy (non-hydrogen) atoms. The highest BCUT2D eigenvalue weighted by molar-refractivity contribution is 14.1. The van der Waals surface area contributed by atoms with E-state index in [1.165, 1.54) is 34.2 Å². The van der Waals surface area contributed by atoms with Gasteiger partial charge in [-0.3, -0.25) is 23.4 Å². The predicted octanol–water partition coefficient (Wildman–Crippen LogP) is 8.16. The van der Waals surface area contributed by atoms with Gasteiger partial charge in [-0.25, -0.2) is 0 Å². The van der Waals surface area contributed by atoms with Crippen LogP contribution in [0.25, 0.3) is 28.6 Å². The summed E-state index contributed by atoms with van der Waals surface area (Å²) in [5, 5.41) is 21.1. The molecule has 0 unspecified atom stereocenters. The molecule has 0 bridgehead atoms. The van der Waals surface area contributed by atoms with E-state index in [1.54, 1.807) is 21.6 Å². The number of aryl methyl sites for hydroxylation is 11. The standard InChI is InChI=1S/C13H17N3.C10H12IN3.C10H13N3.C7H11N3.C4H7N3/c1-9(2)12-8-13(14-15(12)5)16-10(3)6-7-11(16)4;1-7-4-5-8(2)14(7)10-6-9(11)13(3)12-10;1-8-4-5-9(2)13(8)10-6-7-12(3)11-10;1-5(2)6-4-7(8)9-10(6)3;1-7-3-2-4(5)6-7/h6-8H,1H2,2-5H3;4-6H,1-3H3;4-7H,1-3H3;4H,1H2,2-3H3,(H2,8,9);2-3H,1H3,(H2,5,6). The molecular formula is C44H60IN15. The van der Waals surface area contributed by atoms with Gasteiger partial charge in [0.1, 0.15) is 15.3 Å². The van der Waals surface area contributed by atoms with E-state index in [2.05, 4.69) is 165 Å². The number of hydrogen-bond acceptors (Lipinski definition) is 7. The summed E-state index contributed by atoms with van der Waals surface area (Å²) >= 11 is 2.28. The fourth-order valence-corrected chi connectivity index (χ4v) is 6.82. The third-order valence-electron chi connectivity index (χ3n) is 9.38. The van der Waals surface area contributed by atoms with Crippen molar-refractivity contribution in [2.75, 3.05) is 11.5 Å². The van der Waals surface area contributed by atoms with Crippen LogP contribution in [0.1, 0.15) is 59.4 Å². The quantitative estimate of drug-likeness (QED) is 0.165. The molecule has 8 aromatic heterocycles. The Labute approximate surface area is 367 Å². The molecule has 4 N–H and O–H groups in total. The predicted molar refractivity (Wildman–Crippen MR) is 253 cm³/mol. The number of anilines is 2. The van der Waals surface area contributed by atoms with Crippen LogP contribution in [-0.4, -0.2) is 62.6 Å². The second-order valence-corrected chi connectivity index (χ2v) is 15.8. The zero-order valence-electron chi connectivity index (χ0n) is 37.3. The average molecular weight is 926 g/mol. The van der Waals surface area contributed by atoms with Gasteiger partial charge in [0.05, 0.1) is 11.4 Å². The number of aromatic nitrogens is 13. The molecule has 0 fully saturated rings. The molecule has 15 nitrogen and oxygen atoms in total. The van der Waals surface area contributed by atoms with Crippen LogP contribution in [0.15, 0.2) is 92.3 Å². The average Bonchev–Trinajstić information content (AvgIpc) is 4.06. The van der Waals surface area contributed by atoms with Crippen LogP contribution in [0.3, 0.4) is 0 Å². The number of nitrogens with zero attached hydrogens (tertiary/aromatic N) is 13. The van der Waals surface area contributed by atoms with Gasteiger partial charge in [-0.2, -0.15) is 25.5 Å². The third kappa shape index (κ3) is 11.7. The van der Waals surface area contributed by atoms with E-state index in [0.717, 1.165) is 43.7 Å². The van der Waals surface area contributed by atoms with Crippen molar-refractivity contribution >= 4 is 45.4 Å². The van der Waals surface area contributed by atoms with Crippen molar-refractivity contribution in [1.29, 1.82) is 0 Å². The van der Waals surface area contributed by atoms with Gasteiger partial charge in [0.15, 0.2) is 17.5 Å². The molecule has 8 aromatic rings. The summed E-state index contributed by atoms with van der Waals surface area (Å²) in [6, 6.07) is 22.3. The van der Waals surface area contributed by atoms with Crippen LogP contribution < -0.4 is 11.5 Å². The number of allylic oxidation sites excluding steroid dienone is 2. The normalized spacial score (nSPS) is 10.4. The molecule has 16 heteroatoms. The first kappa shape index (κ1) is 46.4. The summed E-state index contributed by atoms with van der Waals surface area (Å²) in [7, 11) is 9.51. The molecule has 8 heterocycles. The minimum Gasteiger partial charge on any atom is -0.382 e. The van der Waals surface area contributed by atoms with Gasteiger partial charge < -0.3 is 25.2 Å². The van der Waals surface area contributed by atoms with E-state index in [0.29, 0.717) is 11.6 Å². The first-order valence-electron chi connectivity index (χ1n) is 19.2. The molecule has 0 aliphatic carbocycles. The third-order valence-corrected chi connectivity index (χ3v) is 10.4. The van der Waals surface area contributed by atoms with Gasteiger partial charge in [-0.15, -0.1) is 0 Å². The summed E-state index contributed by atoms with van der Waals surface area (Å²) in [6.07, 6.45) is 3.75. The second kappa shape index (κ2) is 20.1. The Hall–Kier alpha value is -6.30. The Morgan fingerprint density at radius 2 is 0.850 bits per heavy atom. The van der Waals surface area contributed by atoms with E-state index < -0.39 is 0 Å². The van der Waals surface area contributed by atoms with Gasteiger partial charge in [0.2, 0.25) is 0 Å². The van der Waals surface area contributed by atoms with E-state index in [-0.39, 0.29) is 0 Å². The monoisotopic (exact) mass is 925 g/mol. The number of hydrogen-bond donors (Lipinski definition) is 2. The molecule has 0 saturated carbocycles. The van der Waals surface area contributed by atoms with Gasteiger partial charge in [0.25, 0.3) is 0 Å². The number of nitrogens with two attached hydrogens (primary N) is 2. The molecule has 318 valence electrons. The zero-order chi connectivity index (χ0) is 44.6. The maximum absolute atomic E-state index is 5.44. The van der Waals surface area contributed by atoms with Crippen LogP contribution >= 0.6 is 22.6 Å². The van der Waals surface area contributed by atoms with Gasteiger partial charge >= 0.3 is 0 Å². The maximum atomic E-state index is 5.44. The van der Waals surface area contributed by atoms with Crippen molar-refractivity contribution in [3.05, 3.63) is 142 Å². The van der Waals surface area contributed by atoms with E-state index in [1.807, 2.05) is 81.5 Å². The zero-order valence-corrected chi connectivity index (χ0v) is 39.4. The molecule has 0 atom stereocenters. The highest BCUT2D eigenvalue weighted by Crippen LogP contribution is 2.20. The fraction of sp³-hybridized carbons (Fsp3) is 0.295. The number of halogens is 1. The van der Waals surface area contributed by atoms with Gasteiger partial charge in [0, 0.05) is 106 Å². The maximum Gasteiger partial charge on any atom is 0.160 e. The first-order valence-corrected chi connectivity index (χ1v) is 20.3. The molecule has 0 saturated heterocycles. The largest absolute Gasteiger partial charge is 0.382 e. The lowest BCUT2D eigenvalue weighted by atomic mass is 10.2. The van der Waals surface area contributed by atoms with E-state index in [4.69, 9.17) is 11.5 Å². The Kier molecular flexibility index (Phi) is 15.5. The minimum absolute atomic E-state index is 0.542. The van der Waals surface area contributed by atoms with Gasteiger partial charge in [-0.05, 0) is 132 Å². The Morgan fingerprint density at radius 3 is 1.13 bits per heavy atom. The van der Waals surface area contributed by atoms with Crippen molar-refractivity contribution in [2.24, 2.45) is 35.2 Å². The summed E-state index contributed by atoms with van der Waals surface area (Å²) in [6.45, 7) is 24.2.